The molecule has 0 atom stereocenters. The van der Waals surface area contributed by atoms with E-state index >= 15 is 0 Å². The number of imidazole rings is 1. The second-order valence-electron chi connectivity index (χ2n) is 7.21. The normalized spacial score (nSPS) is 17.8. The van der Waals surface area contributed by atoms with Crippen LogP contribution in [0.4, 0.5) is 0 Å². The first kappa shape index (κ1) is 17.7. The second kappa shape index (κ2) is 6.59. The van der Waals surface area contributed by atoms with Crippen molar-refractivity contribution in [2.75, 3.05) is 20.2 Å². The van der Waals surface area contributed by atoms with Gasteiger partial charge in [0, 0.05) is 31.5 Å². The number of amides is 2. The summed E-state index contributed by atoms with van der Waals surface area (Å²) in [4.78, 5) is 35.7. The number of H-pyrrole nitrogens is 1. The van der Waals surface area contributed by atoms with E-state index in [1.165, 1.54) is 12.0 Å². The number of fused-ring (bicyclic) bond motifs is 2. The van der Waals surface area contributed by atoms with E-state index in [-0.39, 0.29) is 5.56 Å². The first-order chi connectivity index (χ1) is 14.1. The van der Waals surface area contributed by atoms with Gasteiger partial charge in [-0.3, -0.25) is 9.59 Å². The van der Waals surface area contributed by atoms with E-state index in [1.54, 1.807) is 42.7 Å². The lowest BCUT2D eigenvalue weighted by atomic mass is 9.94. The van der Waals surface area contributed by atoms with Crippen LogP contribution in [0.2, 0.25) is 0 Å². The first-order valence-corrected chi connectivity index (χ1v) is 9.52. The van der Waals surface area contributed by atoms with Gasteiger partial charge >= 0.3 is 0 Å². The molecule has 1 saturated heterocycles. The maximum absolute atomic E-state index is 13.6. The van der Waals surface area contributed by atoms with Crippen LogP contribution in [0.15, 0.2) is 42.7 Å². The number of aromatic amines is 1. The topological polar surface area (TPSA) is 96.5 Å². The lowest BCUT2D eigenvalue weighted by Gasteiger charge is -2.48. The Balaban J connectivity index is 1.64. The number of carbonyl (C=O) groups excluding carboxylic acids is 2. The number of hydrogen-bond donors (Lipinski definition) is 2. The number of imide groups is 1. The smallest absolute Gasteiger partial charge is 0.271 e. The molecule has 5 rings (SSSR count). The van der Waals surface area contributed by atoms with Gasteiger partial charge in [0.2, 0.25) is 0 Å². The number of rotatable bonds is 2. The Morgan fingerprint density at radius 2 is 2.07 bits per heavy atom. The third-order valence-electron chi connectivity index (χ3n) is 5.59. The number of piperidine rings is 1. The monoisotopic (exact) mass is 392 g/mol. The number of benzene rings is 2. The molecule has 0 saturated carbocycles. The molecule has 8 nitrogen and oxygen atoms in total. The van der Waals surface area contributed by atoms with Crippen LogP contribution in [-0.4, -0.2) is 52.6 Å². The molecule has 2 aliphatic heterocycles. The maximum Gasteiger partial charge on any atom is 0.271 e. The standard InChI is InChI=1S/C21H20N4O4/c1-28-16-3-2-4-17-18(16)20(27)25(21(29-17)7-9-22-10-8-21)19(26)13-5-6-14-15(11-13)24-12-23-14/h2-6,11-12,22H,7-10H2,1H3,(H,23,24). The molecule has 1 spiro atoms. The zero-order chi connectivity index (χ0) is 20.0. The van der Waals surface area contributed by atoms with Crippen molar-refractivity contribution >= 4 is 22.8 Å². The van der Waals surface area contributed by atoms with Gasteiger partial charge in [0.05, 0.1) is 24.5 Å². The van der Waals surface area contributed by atoms with Gasteiger partial charge in [0.25, 0.3) is 11.8 Å². The molecular weight excluding hydrogens is 372 g/mol. The summed E-state index contributed by atoms with van der Waals surface area (Å²) in [5, 5.41) is 3.27. The van der Waals surface area contributed by atoms with Gasteiger partial charge in [0.1, 0.15) is 17.1 Å². The molecular formula is C21H20N4O4. The third kappa shape index (κ3) is 2.67. The lowest BCUT2D eigenvalue weighted by molar-refractivity contribution is -0.0779. The molecule has 3 heterocycles. The third-order valence-corrected chi connectivity index (χ3v) is 5.59. The molecule has 1 fully saturated rings. The first-order valence-electron chi connectivity index (χ1n) is 9.52. The zero-order valence-electron chi connectivity index (χ0n) is 15.9. The number of aromatic nitrogens is 2. The largest absolute Gasteiger partial charge is 0.496 e. The van der Waals surface area contributed by atoms with Crippen molar-refractivity contribution in [3.63, 3.8) is 0 Å². The van der Waals surface area contributed by atoms with Gasteiger partial charge in [-0.05, 0) is 30.3 Å². The minimum absolute atomic E-state index is 0.272. The Kier molecular flexibility index (Phi) is 4.02. The van der Waals surface area contributed by atoms with Crippen molar-refractivity contribution < 1.29 is 19.1 Å². The summed E-state index contributed by atoms with van der Waals surface area (Å²) in [5.74, 6) is 0.0240. The Hall–Kier alpha value is -3.39. The van der Waals surface area contributed by atoms with Crippen molar-refractivity contribution in [3.8, 4) is 11.5 Å². The van der Waals surface area contributed by atoms with E-state index in [2.05, 4.69) is 15.3 Å². The highest BCUT2D eigenvalue weighted by atomic mass is 16.5. The molecule has 29 heavy (non-hydrogen) atoms. The Bertz CT molecular complexity index is 1120. The summed E-state index contributed by atoms with van der Waals surface area (Å²) in [5.41, 5.74) is 1.12. The van der Waals surface area contributed by atoms with E-state index in [1.807, 2.05) is 0 Å². The fourth-order valence-electron chi connectivity index (χ4n) is 4.14. The van der Waals surface area contributed by atoms with Crippen molar-refractivity contribution in [2.24, 2.45) is 0 Å². The number of carbonyl (C=O) groups is 2. The van der Waals surface area contributed by atoms with E-state index in [4.69, 9.17) is 9.47 Å². The van der Waals surface area contributed by atoms with E-state index < -0.39 is 17.5 Å². The minimum atomic E-state index is -1.03. The average molecular weight is 392 g/mol. The van der Waals surface area contributed by atoms with E-state index in [0.29, 0.717) is 48.5 Å². The number of nitrogens with zero attached hydrogens (tertiary/aromatic N) is 2. The second-order valence-corrected chi connectivity index (χ2v) is 7.21. The van der Waals surface area contributed by atoms with Gasteiger partial charge < -0.3 is 19.8 Å². The molecule has 8 heteroatoms. The van der Waals surface area contributed by atoms with Crippen LogP contribution in [0.25, 0.3) is 11.0 Å². The van der Waals surface area contributed by atoms with Crippen molar-refractivity contribution in [1.82, 2.24) is 20.2 Å². The van der Waals surface area contributed by atoms with Crippen LogP contribution >= 0.6 is 0 Å². The Labute approximate surface area is 166 Å². The quantitative estimate of drug-likeness (QED) is 0.650. The predicted molar refractivity (Wildman–Crippen MR) is 105 cm³/mol. The van der Waals surface area contributed by atoms with Crippen molar-refractivity contribution in [3.05, 3.63) is 53.9 Å². The molecule has 0 aliphatic carbocycles. The summed E-state index contributed by atoms with van der Waals surface area (Å²) in [6.07, 6.45) is 2.58. The summed E-state index contributed by atoms with van der Waals surface area (Å²) >= 11 is 0. The summed E-state index contributed by atoms with van der Waals surface area (Å²) in [6, 6.07) is 10.4. The molecule has 2 amide bonds. The summed E-state index contributed by atoms with van der Waals surface area (Å²) < 4.78 is 11.7. The van der Waals surface area contributed by atoms with Crippen LogP contribution in [0.1, 0.15) is 33.6 Å². The highest BCUT2D eigenvalue weighted by Crippen LogP contribution is 2.42. The highest BCUT2D eigenvalue weighted by Gasteiger charge is 2.51. The summed E-state index contributed by atoms with van der Waals surface area (Å²) in [7, 11) is 1.50. The van der Waals surface area contributed by atoms with Crippen molar-refractivity contribution in [1.29, 1.82) is 0 Å². The number of nitrogens with one attached hydrogen (secondary N) is 2. The number of ether oxygens (including phenoxy) is 2. The van der Waals surface area contributed by atoms with Crippen LogP contribution in [0.5, 0.6) is 11.5 Å². The van der Waals surface area contributed by atoms with Crippen LogP contribution in [0.3, 0.4) is 0 Å². The fraction of sp³-hybridized carbons (Fsp3) is 0.286. The predicted octanol–water partition coefficient (Wildman–Crippen LogP) is 2.33. The van der Waals surface area contributed by atoms with E-state index in [9.17, 15) is 9.59 Å². The van der Waals surface area contributed by atoms with Crippen LogP contribution in [-0.2, 0) is 0 Å². The fourth-order valence-corrected chi connectivity index (χ4v) is 4.14. The van der Waals surface area contributed by atoms with Crippen molar-refractivity contribution in [2.45, 2.75) is 18.6 Å². The molecule has 148 valence electrons. The molecule has 2 aromatic carbocycles. The van der Waals surface area contributed by atoms with Gasteiger partial charge in [-0.1, -0.05) is 6.07 Å². The molecule has 0 radical (unpaired) electrons. The van der Waals surface area contributed by atoms with Crippen LogP contribution < -0.4 is 14.8 Å². The maximum atomic E-state index is 13.6. The minimum Gasteiger partial charge on any atom is -0.496 e. The molecule has 3 aromatic rings. The zero-order valence-corrected chi connectivity index (χ0v) is 15.9. The number of methoxy groups -OCH3 is 1. The molecule has 2 N–H and O–H groups in total. The van der Waals surface area contributed by atoms with Gasteiger partial charge in [-0.2, -0.15) is 0 Å². The Morgan fingerprint density at radius 3 is 2.86 bits per heavy atom. The summed E-state index contributed by atoms with van der Waals surface area (Å²) in [6.45, 7) is 1.30. The van der Waals surface area contributed by atoms with Gasteiger partial charge in [0.15, 0.2) is 5.72 Å². The SMILES string of the molecule is COc1cccc2c1C(=O)N(C(=O)c1ccc3[nH]cnc3c1)C1(CCNCC1)O2. The average Bonchev–Trinajstić information content (AvgIpc) is 3.21. The van der Waals surface area contributed by atoms with Gasteiger partial charge in [-0.15, -0.1) is 0 Å². The van der Waals surface area contributed by atoms with E-state index in [0.717, 1.165) is 5.52 Å². The molecule has 0 bridgehead atoms. The van der Waals surface area contributed by atoms with Crippen LogP contribution in [0, 0.1) is 0 Å². The lowest BCUT2D eigenvalue weighted by Crippen LogP contribution is -2.64. The van der Waals surface area contributed by atoms with Gasteiger partial charge in [-0.25, -0.2) is 9.88 Å². The molecule has 2 aliphatic rings. The molecule has 0 unspecified atom stereocenters. The molecule has 1 aromatic heterocycles. The Morgan fingerprint density at radius 1 is 1.24 bits per heavy atom. The highest BCUT2D eigenvalue weighted by molar-refractivity contribution is 6.14. The number of hydrogen-bond acceptors (Lipinski definition) is 6.